The number of fused-ring (bicyclic) bond motifs is 1. The molecule has 0 bridgehead atoms. The van der Waals surface area contributed by atoms with Crippen LogP contribution in [-0.4, -0.2) is 13.4 Å². The number of nitrogens with one attached hydrogen (secondary N) is 1. The third-order valence-electron chi connectivity index (χ3n) is 1.86. The monoisotopic (exact) mass is 232 g/mol. The molecule has 1 heterocycles. The van der Waals surface area contributed by atoms with Crippen molar-refractivity contribution in [2.24, 2.45) is 5.14 Å². The molecule has 0 radical (unpaired) electrons. The lowest BCUT2D eigenvalue weighted by atomic mass is 10.2. The Kier molecular flexibility index (Phi) is 2.84. The molecule has 0 saturated heterocycles. The van der Waals surface area contributed by atoms with E-state index in [1.54, 1.807) is 18.3 Å². The summed E-state index contributed by atoms with van der Waals surface area (Å²) < 4.78 is 22.2. The second kappa shape index (κ2) is 3.61. The first-order valence-electron chi connectivity index (χ1n) is 3.68. The lowest BCUT2D eigenvalue weighted by molar-refractivity contribution is 0.598. The summed E-state index contributed by atoms with van der Waals surface area (Å²) in [5.41, 5.74) is 0.560. The van der Waals surface area contributed by atoms with E-state index in [9.17, 15) is 8.42 Å². The highest BCUT2D eigenvalue weighted by atomic mass is 35.5. The van der Waals surface area contributed by atoms with Crippen molar-refractivity contribution in [1.29, 1.82) is 0 Å². The molecule has 0 spiro atoms. The van der Waals surface area contributed by atoms with Crippen LogP contribution in [0.1, 0.15) is 0 Å². The van der Waals surface area contributed by atoms with Gasteiger partial charge in [-0.05, 0) is 12.1 Å². The molecule has 0 aliphatic carbocycles. The molecule has 0 amide bonds. The van der Waals surface area contributed by atoms with Gasteiger partial charge in [-0.2, -0.15) is 0 Å². The number of halogens is 1. The van der Waals surface area contributed by atoms with Crippen molar-refractivity contribution in [3.05, 3.63) is 30.5 Å². The van der Waals surface area contributed by atoms with Gasteiger partial charge in [0.05, 0.1) is 5.52 Å². The van der Waals surface area contributed by atoms with Crippen molar-refractivity contribution < 1.29 is 8.42 Å². The zero-order valence-corrected chi connectivity index (χ0v) is 8.73. The number of hydrogen-bond donors (Lipinski definition) is 2. The topological polar surface area (TPSA) is 76.0 Å². The standard InChI is InChI=1S/C8H8N2O2S.ClH/c9-13(11,12)7-3-1-2-6-4-5-10-8(6)7;/h1-5,10H,(H2,9,11,12);1H. The lowest BCUT2D eigenvalue weighted by Gasteiger charge is -1.98. The molecule has 0 atom stereocenters. The van der Waals surface area contributed by atoms with Crippen molar-refractivity contribution in [2.45, 2.75) is 4.90 Å². The zero-order chi connectivity index (χ0) is 9.47. The van der Waals surface area contributed by atoms with Gasteiger partial charge in [-0.15, -0.1) is 12.4 Å². The van der Waals surface area contributed by atoms with Crippen LogP contribution < -0.4 is 5.14 Å². The average Bonchev–Trinajstić information content (AvgIpc) is 2.48. The normalized spacial score (nSPS) is 11.2. The molecule has 14 heavy (non-hydrogen) atoms. The fourth-order valence-electron chi connectivity index (χ4n) is 1.29. The van der Waals surface area contributed by atoms with Gasteiger partial charge in [-0.3, -0.25) is 0 Å². The summed E-state index contributed by atoms with van der Waals surface area (Å²) in [4.78, 5) is 2.97. The molecule has 2 rings (SSSR count). The van der Waals surface area contributed by atoms with Gasteiger partial charge >= 0.3 is 0 Å². The van der Waals surface area contributed by atoms with Gasteiger partial charge in [0.1, 0.15) is 4.90 Å². The summed E-state index contributed by atoms with van der Waals surface area (Å²) in [7, 11) is -3.63. The largest absolute Gasteiger partial charge is 0.360 e. The van der Waals surface area contributed by atoms with Crippen LogP contribution in [0.2, 0.25) is 0 Å². The summed E-state index contributed by atoms with van der Waals surface area (Å²) in [6.07, 6.45) is 1.68. The number of aromatic nitrogens is 1. The molecule has 0 fully saturated rings. The highest BCUT2D eigenvalue weighted by Crippen LogP contribution is 2.19. The molecule has 6 heteroatoms. The molecule has 1 aromatic heterocycles. The van der Waals surface area contributed by atoms with E-state index in [-0.39, 0.29) is 17.3 Å². The van der Waals surface area contributed by atoms with Gasteiger partial charge in [0.2, 0.25) is 10.0 Å². The third-order valence-corrected chi connectivity index (χ3v) is 2.81. The quantitative estimate of drug-likeness (QED) is 0.776. The van der Waals surface area contributed by atoms with Gasteiger partial charge in [0.25, 0.3) is 0 Å². The van der Waals surface area contributed by atoms with Crippen molar-refractivity contribution in [2.75, 3.05) is 0 Å². The number of para-hydroxylation sites is 1. The van der Waals surface area contributed by atoms with Crippen LogP contribution in [0.15, 0.2) is 35.4 Å². The SMILES string of the molecule is Cl.NS(=O)(=O)c1cccc2cc[nH]c12. The highest BCUT2D eigenvalue weighted by molar-refractivity contribution is 7.89. The summed E-state index contributed by atoms with van der Waals surface area (Å²) >= 11 is 0. The molecule has 4 nitrogen and oxygen atoms in total. The van der Waals surface area contributed by atoms with Gasteiger partial charge in [-0.25, -0.2) is 13.6 Å². The van der Waals surface area contributed by atoms with E-state index in [2.05, 4.69) is 4.98 Å². The summed E-state index contributed by atoms with van der Waals surface area (Å²) in [5.74, 6) is 0. The van der Waals surface area contributed by atoms with E-state index in [1.807, 2.05) is 6.07 Å². The van der Waals surface area contributed by atoms with Crippen LogP contribution in [-0.2, 0) is 10.0 Å². The van der Waals surface area contributed by atoms with E-state index in [4.69, 9.17) is 5.14 Å². The van der Waals surface area contributed by atoms with Crippen LogP contribution in [0, 0.1) is 0 Å². The van der Waals surface area contributed by atoms with Gasteiger partial charge in [0, 0.05) is 11.6 Å². The van der Waals surface area contributed by atoms with Crippen molar-refractivity contribution in [1.82, 2.24) is 4.98 Å². The van der Waals surface area contributed by atoms with E-state index in [1.165, 1.54) is 6.07 Å². The van der Waals surface area contributed by atoms with Crippen LogP contribution >= 0.6 is 12.4 Å². The Bertz CT molecular complexity index is 547. The predicted octanol–water partition coefficient (Wildman–Crippen LogP) is 1.24. The molecule has 2 aromatic rings. The minimum Gasteiger partial charge on any atom is -0.360 e. The number of hydrogen-bond acceptors (Lipinski definition) is 2. The number of aromatic amines is 1. The molecular formula is C8H9ClN2O2S. The summed E-state index contributed by atoms with van der Waals surface area (Å²) in [6, 6.07) is 6.76. The van der Waals surface area contributed by atoms with Crippen LogP contribution in [0.5, 0.6) is 0 Å². The fraction of sp³-hybridized carbons (Fsp3) is 0. The Morgan fingerprint density at radius 2 is 1.93 bits per heavy atom. The highest BCUT2D eigenvalue weighted by Gasteiger charge is 2.11. The smallest absolute Gasteiger partial charge is 0.240 e. The number of H-pyrrole nitrogens is 1. The van der Waals surface area contributed by atoms with Crippen LogP contribution in [0.25, 0.3) is 10.9 Å². The first kappa shape index (κ1) is 11.0. The first-order valence-corrected chi connectivity index (χ1v) is 5.22. The molecule has 76 valence electrons. The lowest BCUT2D eigenvalue weighted by Crippen LogP contribution is -2.12. The molecule has 0 aliphatic rings. The first-order chi connectivity index (χ1) is 6.09. The second-order valence-corrected chi connectivity index (χ2v) is 4.27. The van der Waals surface area contributed by atoms with Crippen molar-refractivity contribution >= 4 is 33.3 Å². The Morgan fingerprint density at radius 1 is 1.21 bits per heavy atom. The fourth-order valence-corrected chi connectivity index (χ4v) is 2.02. The Labute approximate surface area is 87.6 Å². The summed E-state index contributed by atoms with van der Waals surface area (Å²) in [5, 5.41) is 5.87. The minimum atomic E-state index is -3.63. The van der Waals surface area contributed by atoms with Crippen LogP contribution in [0.4, 0.5) is 0 Å². The molecule has 3 N–H and O–H groups in total. The van der Waals surface area contributed by atoms with Gasteiger partial charge < -0.3 is 4.98 Å². The zero-order valence-electron chi connectivity index (χ0n) is 7.10. The van der Waals surface area contributed by atoms with E-state index < -0.39 is 10.0 Å². The number of sulfonamides is 1. The van der Waals surface area contributed by atoms with E-state index in [0.29, 0.717) is 5.52 Å². The van der Waals surface area contributed by atoms with E-state index in [0.717, 1.165) is 5.39 Å². The average molecular weight is 233 g/mol. The predicted molar refractivity (Wildman–Crippen MR) is 56.9 cm³/mol. The number of nitrogens with two attached hydrogens (primary N) is 1. The number of rotatable bonds is 1. The van der Waals surface area contributed by atoms with Crippen molar-refractivity contribution in [3.63, 3.8) is 0 Å². The number of primary sulfonamides is 1. The maximum Gasteiger partial charge on any atom is 0.240 e. The second-order valence-electron chi connectivity index (χ2n) is 2.74. The Balaban J connectivity index is 0.000000980. The molecule has 1 aromatic carbocycles. The van der Waals surface area contributed by atoms with Gasteiger partial charge in [-0.1, -0.05) is 12.1 Å². The Hall–Kier alpha value is -1.04. The third kappa shape index (κ3) is 1.75. The maximum absolute atomic E-state index is 11.1. The summed E-state index contributed by atoms with van der Waals surface area (Å²) in [6.45, 7) is 0. The van der Waals surface area contributed by atoms with Crippen molar-refractivity contribution in [3.8, 4) is 0 Å². The van der Waals surface area contributed by atoms with Crippen LogP contribution in [0.3, 0.4) is 0 Å². The number of benzene rings is 1. The molecular weight excluding hydrogens is 224 g/mol. The minimum absolute atomic E-state index is 0. The Morgan fingerprint density at radius 3 is 2.57 bits per heavy atom. The van der Waals surface area contributed by atoms with E-state index >= 15 is 0 Å². The molecule has 0 unspecified atom stereocenters. The molecule has 0 saturated carbocycles. The van der Waals surface area contributed by atoms with Gasteiger partial charge in [0.15, 0.2) is 0 Å². The maximum atomic E-state index is 11.1. The molecule has 0 aliphatic heterocycles.